The maximum absolute atomic E-state index is 13.6. The van der Waals surface area contributed by atoms with Gasteiger partial charge in [0.1, 0.15) is 18.2 Å². The lowest BCUT2D eigenvalue weighted by Gasteiger charge is -2.33. The van der Waals surface area contributed by atoms with E-state index in [4.69, 9.17) is 5.11 Å². The molecule has 20 heavy (non-hydrogen) atoms. The number of rotatable bonds is 4. The average molecular weight is 307 g/mol. The Morgan fingerprint density at radius 1 is 1.25 bits per heavy atom. The summed E-state index contributed by atoms with van der Waals surface area (Å²) in [5.41, 5.74) is -1.15. The van der Waals surface area contributed by atoms with Crippen LogP contribution in [0.1, 0.15) is 20.8 Å². The van der Waals surface area contributed by atoms with E-state index in [1.807, 2.05) is 0 Å². The molecule has 1 rings (SSSR count). The number of aliphatic carboxylic acids is 1. The summed E-state index contributed by atoms with van der Waals surface area (Å²) in [6.07, 6.45) is 0. The van der Waals surface area contributed by atoms with E-state index in [9.17, 15) is 22.0 Å². The fourth-order valence-corrected chi connectivity index (χ4v) is 3.50. The number of benzene rings is 1. The predicted molar refractivity (Wildman–Crippen MR) is 67.6 cm³/mol. The first-order valence-corrected chi connectivity index (χ1v) is 7.10. The monoisotopic (exact) mass is 307 g/mol. The Morgan fingerprint density at radius 2 is 1.70 bits per heavy atom. The molecule has 5 nitrogen and oxygen atoms in total. The molecular formula is C12H15F2NO4S. The van der Waals surface area contributed by atoms with Gasteiger partial charge in [0.25, 0.3) is 0 Å². The molecule has 0 saturated carbocycles. The zero-order valence-electron chi connectivity index (χ0n) is 11.2. The van der Waals surface area contributed by atoms with Gasteiger partial charge in [0, 0.05) is 5.54 Å². The van der Waals surface area contributed by atoms with Crippen molar-refractivity contribution in [3.8, 4) is 0 Å². The van der Waals surface area contributed by atoms with Crippen molar-refractivity contribution >= 4 is 16.0 Å². The minimum Gasteiger partial charge on any atom is -0.480 e. The number of hydrogen-bond acceptors (Lipinski definition) is 3. The Kier molecular flexibility index (Phi) is 4.50. The van der Waals surface area contributed by atoms with Gasteiger partial charge in [-0.3, -0.25) is 4.79 Å². The van der Waals surface area contributed by atoms with E-state index in [-0.39, 0.29) is 0 Å². The average Bonchev–Trinajstić information content (AvgIpc) is 2.23. The van der Waals surface area contributed by atoms with Crippen molar-refractivity contribution in [2.24, 2.45) is 0 Å². The molecule has 0 unspecified atom stereocenters. The van der Waals surface area contributed by atoms with Crippen molar-refractivity contribution in [2.75, 3.05) is 6.54 Å². The summed E-state index contributed by atoms with van der Waals surface area (Å²) >= 11 is 0. The summed E-state index contributed by atoms with van der Waals surface area (Å²) in [5.74, 6) is -3.94. The van der Waals surface area contributed by atoms with Gasteiger partial charge in [-0.25, -0.2) is 17.2 Å². The first-order valence-electron chi connectivity index (χ1n) is 5.66. The van der Waals surface area contributed by atoms with Crippen molar-refractivity contribution in [3.63, 3.8) is 0 Å². The van der Waals surface area contributed by atoms with E-state index >= 15 is 0 Å². The third-order valence-corrected chi connectivity index (χ3v) is 4.66. The molecule has 0 fully saturated rings. The Hall–Kier alpha value is -1.54. The van der Waals surface area contributed by atoms with Crippen LogP contribution in [0.3, 0.4) is 0 Å². The highest BCUT2D eigenvalue weighted by atomic mass is 32.2. The summed E-state index contributed by atoms with van der Waals surface area (Å²) in [6, 6.07) is 2.64. The molecule has 0 spiro atoms. The molecule has 0 aliphatic carbocycles. The van der Waals surface area contributed by atoms with Gasteiger partial charge in [-0.1, -0.05) is 6.07 Å². The van der Waals surface area contributed by atoms with Crippen LogP contribution in [0.4, 0.5) is 8.78 Å². The lowest BCUT2D eigenvalue weighted by Crippen LogP contribution is -2.48. The van der Waals surface area contributed by atoms with Gasteiger partial charge in [-0.2, -0.15) is 4.31 Å². The van der Waals surface area contributed by atoms with Crippen LogP contribution in [0.25, 0.3) is 0 Å². The van der Waals surface area contributed by atoms with Gasteiger partial charge in [-0.15, -0.1) is 0 Å². The second-order valence-corrected chi connectivity index (χ2v) is 6.93. The normalized spacial score (nSPS) is 12.7. The molecule has 1 aromatic carbocycles. The van der Waals surface area contributed by atoms with Crippen molar-refractivity contribution in [3.05, 3.63) is 29.8 Å². The van der Waals surface area contributed by atoms with Gasteiger partial charge >= 0.3 is 5.97 Å². The van der Waals surface area contributed by atoms with Gasteiger partial charge in [0.2, 0.25) is 10.0 Å². The third kappa shape index (κ3) is 3.31. The third-order valence-electron chi connectivity index (χ3n) is 2.49. The highest BCUT2D eigenvalue weighted by Gasteiger charge is 2.38. The number of carboxylic acid groups (broad SMARTS) is 1. The molecule has 0 atom stereocenters. The largest absolute Gasteiger partial charge is 0.480 e. The molecule has 1 N–H and O–H groups in total. The van der Waals surface area contributed by atoms with Crippen LogP contribution >= 0.6 is 0 Å². The molecular weight excluding hydrogens is 292 g/mol. The Bertz CT molecular complexity index is 603. The molecule has 112 valence electrons. The Labute approximate surface area is 115 Å². The number of nitrogens with zero attached hydrogens (tertiary/aromatic N) is 1. The van der Waals surface area contributed by atoms with Crippen LogP contribution in [0, 0.1) is 11.6 Å². The Balaban J connectivity index is 3.49. The molecule has 8 heteroatoms. The van der Waals surface area contributed by atoms with E-state index in [1.165, 1.54) is 20.8 Å². The molecule has 0 saturated heterocycles. The van der Waals surface area contributed by atoms with Gasteiger partial charge < -0.3 is 5.11 Å². The van der Waals surface area contributed by atoms with Crippen LogP contribution in [0.2, 0.25) is 0 Å². The molecule has 0 heterocycles. The molecule has 0 aliphatic heterocycles. The standard InChI is InChI=1S/C12H15F2NO4S/c1-12(2,3)15(7-10(16)17)20(18,19)11-8(13)5-4-6-9(11)14/h4-6H,7H2,1-3H3,(H,16,17). The highest BCUT2D eigenvalue weighted by Crippen LogP contribution is 2.27. The van der Waals surface area contributed by atoms with Crippen molar-refractivity contribution in [2.45, 2.75) is 31.2 Å². The van der Waals surface area contributed by atoms with Crippen molar-refractivity contribution < 1.29 is 27.1 Å². The summed E-state index contributed by atoms with van der Waals surface area (Å²) in [7, 11) is -4.61. The number of halogens is 2. The SMILES string of the molecule is CC(C)(C)N(CC(=O)O)S(=O)(=O)c1c(F)cccc1F. The Morgan fingerprint density at radius 3 is 2.05 bits per heavy atom. The van der Waals surface area contributed by atoms with Gasteiger partial charge in [-0.05, 0) is 32.9 Å². The topological polar surface area (TPSA) is 74.7 Å². The van der Waals surface area contributed by atoms with Crippen LogP contribution in [-0.2, 0) is 14.8 Å². The number of carbonyl (C=O) groups is 1. The minimum absolute atomic E-state index is 0.545. The van der Waals surface area contributed by atoms with E-state index < -0.39 is 44.6 Å². The number of hydrogen-bond donors (Lipinski definition) is 1. The van der Waals surface area contributed by atoms with Crippen molar-refractivity contribution in [1.29, 1.82) is 0 Å². The second kappa shape index (κ2) is 5.45. The summed E-state index contributed by atoms with van der Waals surface area (Å²) in [5, 5.41) is 8.80. The quantitative estimate of drug-likeness (QED) is 0.921. The molecule has 0 bridgehead atoms. The maximum Gasteiger partial charge on any atom is 0.318 e. The highest BCUT2D eigenvalue weighted by molar-refractivity contribution is 7.89. The van der Waals surface area contributed by atoms with E-state index in [0.717, 1.165) is 18.2 Å². The van der Waals surface area contributed by atoms with E-state index in [0.29, 0.717) is 4.31 Å². The molecule has 0 radical (unpaired) electrons. The summed E-state index contributed by atoms with van der Waals surface area (Å²) in [4.78, 5) is 9.67. The summed E-state index contributed by atoms with van der Waals surface area (Å²) < 4.78 is 52.5. The smallest absolute Gasteiger partial charge is 0.318 e. The van der Waals surface area contributed by atoms with Crippen LogP contribution in [0.5, 0.6) is 0 Å². The first kappa shape index (κ1) is 16.5. The van der Waals surface area contributed by atoms with Gasteiger partial charge in [0.15, 0.2) is 4.90 Å². The van der Waals surface area contributed by atoms with E-state index in [2.05, 4.69) is 0 Å². The zero-order chi connectivity index (χ0) is 15.7. The fourth-order valence-electron chi connectivity index (χ4n) is 1.64. The lowest BCUT2D eigenvalue weighted by molar-refractivity contribution is -0.138. The molecule has 1 aromatic rings. The minimum atomic E-state index is -4.61. The number of sulfonamides is 1. The second-order valence-electron chi connectivity index (χ2n) is 5.13. The predicted octanol–water partition coefficient (Wildman–Crippen LogP) is 1.84. The zero-order valence-corrected chi connectivity index (χ0v) is 12.0. The molecule has 0 amide bonds. The fraction of sp³-hybridized carbons (Fsp3) is 0.417. The lowest BCUT2D eigenvalue weighted by atomic mass is 10.1. The van der Waals surface area contributed by atoms with Crippen molar-refractivity contribution in [1.82, 2.24) is 4.31 Å². The van der Waals surface area contributed by atoms with Gasteiger partial charge in [0.05, 0.1) is 0 Å². The first-order chi connectivity index (χ1) is 8.98. The van der Waals surface area contributed by atoms with Crippen LogP contribution in [0.15, 0.2) is 23.1 Å². The summed E-state index contributed by atoms with van der Waals surface area (Å²) in [6.45, 7) is 3.42. The molecule has 0 aliphatic rings. The van der Waals surface area contributed by atoms with E-state index in [1.54, 1.807) is 0 Å². The molecule has 0 aromatic heterocycles. The maximum atomic E-state index is 13.6. The van der Waals surface area contributed by atoms with Crippen LogP contribution < -0.4 is 0 Å². The van der Waals surface area contributed by atoms with Crippen LogP contribution in [-0.4, -0.2) is 35.9 Å². The number of carboxylic acids is 1.